The Labute approximate surface area is 192 Å². The fraction of sp³-hybridized carbons (Fsp3) is 0.480. The summed E-state index contributed by atoms with van der Waals surface area (Å²) in [5, 5.41) is 5.83. The van der Waals surface area contributed by atoms with Crippen LogP contribution in [0.15, 0.2) is 35.3 Å². The van der Waals surface area contributed by atoms with E-state index in [4.69, 9.17) is 19.3 Å². The van der Waals surface area contributed by atoms with Crippen molar-refractivity contribution in [3.05, 3.63) is 46.2 Å². The summed E-state index contributed by atoms with van der Waals surface area (Å²) < 4.78 is 20.8. The van der Waals surface area contributed by atoms with Crippen LogP contribution < -0.4 is 10.2 Å². The summed E-state index contributed by atoms with van der Waals surface area (Å²) in [4.78, 5) is 25.4. The van der Waals surface area contributed by atoms with Gasteiger partial charge < -0.3 is 18.8 Å². The Hall–Kier alpha value is -3.13. The van der Waals surface area contributed by atoms with Crippen molar-refractivity contribution in [2.75, 3.05) is 19.8 Å². The lowest BCUT2D eigenvalue weighted by Crippen LogP contribution is -2.35. The fourth-order valence-corrected chi connectivity index (χ4v) is 4.71. The molecular weight excluding hydrogens is 422 g/mol. The second-order valence-electron chi connectivity index (χ2n) is 9.73. The number of aromatic nitrogens is 3. The van der Waals surface area contributed by atoms with Gasteiger partial charge in [0.15, 0.2) is 5.43 Å². The minimum Gasteiger partial charge on any atom is -0.486 e. The zero-order valence-electron chi connectivity index (χ0n) is 19.5. The zero-order chi connectivity index (χ0) is 23.3. The maximum atomic E-state index is 12.9. The van der Waals surface area contributed by atoms with E-state index in [2.05, 4.69) is 20.8 Å². The number of hydrogen-bond donors (Lipinski definition) is 0. The Kier molecular flexibility index (Phi) is 5.28. The Bertz CT molecular complexity index is 1280. The molecule has 174 valence electrons. The van der Waals surface area contributed by atoms with Crippen LogP contribution in [0.25, 0.3) is 22.3 Å². The number of hydrogen-bond acceptors (Lipinski definition) is 6. The lowest BCUT2D eigenvalue weighted by Gasteiger charge is -2.38. The maximum absolute atomic E-state index is 12.9. The van der Waals surface area contributed by atoms with Gasteiger partial charge in [0.25, 0.3) is 0 Å². The van der Waals surface area contributed by atoms with Crippen LogP contribution in [0.3, 0.4) is 0 Å². The van der Waals surface area contributed by atoms with Gasteiger partial charge in [-0.25, -0.2) is 4.79 Å². The van der Waals surface area contributed by atoms with E-state index in [-0.39, 0.29) is 35.2 Å². The lowest BCUT2D eigenvalue weighted by molar-refractivity contribution is 0.0522. The topological polar surface area (TPSA) is 84.6 Å². The molecule has 1 fully saturated rings. The average molecular weight is 452 g/mol. The second kappa shape index (κ2) is 8.02. The molecule has 5 rings (SSSR count). The largest absolute Gasteiger partial charge is 0.486 e. The standard InChI is InChI=1S/C25H29N3O5/c1-5-32-24(30)17-12-27-18(11-19(17)29)23-16-7-6-8-20(33-15-9-10-31-14-15)22(16)26-28(23)13-21(27)25(2,3)4/h6-8,11-12,15,21H,5,9-10,13-14H2,1-4H3. The molecule has 0 spiro atoms. The summed E-state index contributed by atoms with van der Waals surface area (Å²) in [7, 11) is 0. The van der Waals surface area contributed by atoms with E-state index in [1.54, 1.807) is 13.1 Å². The van der Waals surface area contributed by atoms with E-state index in [9.17, 15) is 9.59 Å². The molecule has 1 saturated heterocycles. The van der Waals surface area contributed by atoms with Gasteiger partial charge >= 0.3 is 5.97 Å². The minimum absolute atomic E-state index is 0.0127. The summed E-state index contributed by atoms with van der Waals surface area (Å²) in [6, 6.07) is 7.39. The third-order valence-electron chi connectivity index (χ3n) is 6.41. The molecule has 2 aliphatic rings. The van der Waals surface area contributed by atoms with E-state index < -0.39 is 5.97 Å². The summed E-state index contributed by atoms with van der Waals surface area (Å²) >= 11 is 0. The van der Waals surface area contributed by atoms with Crippen molar-refractivity contribution in [1.29, 1.82) is 0 Å². The Morgan fingerprint density at radius 1 is 1.30 bits per heavy atom. The molecule has 2 aromatic heterocycles. The van der Waals surface area contributed by atoms with E-state index in [0.29, 0.717) is 25.5 Å². The number of esters is 1. The van der Waals surface area contributed by atoms with Crippen LogP contribution in [0.5, 0.6) is 5.75 Å². The molecule has 0 N–H and O–H groups in total. The highest BCUT2D eigenvalue weighted by atomic mass is 16.5. The van der Waals surface area contributed by atoms with Crippen LogP contribution in [-0.4, -0.2) is 46.2 Å². The number of pyridine rings is 1. The second-order valence-corrected chi connectivity index (χ2v) is 9.73. The quantitative estimate of drug-likeness (QED) is 0.561. The molecule has 0 saturated carbocycles. The first kappa shape index (κ1) is 21.7. The molecule has 8 heteroatoms. The van der Waals surface area contributed by atoms with Crippen LogP contribution in [0.1, 0.15) is 50.5 Å². The van der Waals surface area contributed by atoms with Crippen LogP contribution >= 0.6 is 0 Å². The van der Waals surface area contributed by atoms with Gasteiger partial charge in [0.2, 0.25) is 0 Å². The summed E-state index contributed by atoms with van der Waals surface area (Å²) in [5.41, 5.74) is 1.91. The molecule has 8 nitrogen and oxygen atoms in total. The molecular formula is C25H29N3O5. The zero-order valence-corrected chi connectivity index (χ0v) is 19.5. The Balaban J connectivity index is 1.70. The number of carbonyl (C=O) groups excluding carboxylic acids is 1. The van der Waals surface area contributed by atoms with Crippen LogP contribution in [-0.2, 0) is 16.0 Å². The normalized spacial score (nSPS) is 19.9. The molecule has 0 amide bonds. The Morgan fingerprint density at radius 3 is 2.82 bits per heavy atom. The van der Waals surface area contributed by atoms with Gasteiger partial charge in [-0.15, -0.1) is 0 Å². The number of rotatable bonds is 4. The smallest absolute Gasteiger partial charge is 0.343 e. The van der Waals surface area contributed by atoms with E-state index in [0.717, 1.165) is 28.7 Å². The van der Waals surface area contributed by atoms with Crippen LogP contribution in [0.2, 0.25) is 0 Å². The highest BCUT2D eigenvalue weighted by Crippen LogP contribution is 2.43. The van der Waals surface area contributed by atoms with Gasteiger partial charge in [-0.1, -0.05) is 32.9 Å². The molecule has 1 aromatic carbocycles. The van der Waals surface area contributed by atoms with Gasteiger partial charge in [-0.3, -0.25) is 9.48 Å². The third-order valence-corrected chi connectivity index (χ3v) is 6.41. The predicted octanol–water partition coefficient (Wildman–Crippen LogP) is 3.81. The molecule has 4 heterocycles. The third kappa shape index (κ3) is 3.72. The molecule has 0 radical (unpaired) electrons. The van der Waals surface area contributed by atoms with Crippen molar-refractivity contribution in [2.45, 2.75) is 52.8 Å². The molecule has 3 aromatic rings. The monoisotopic (exact) mass is 451 g/mol. The fourth-order valence-electron chi connectivity index (χ4n) is 4.71. The highest BCUT2D eigenvalue weighted by molar-refractivity contribution is 5.97. The number of benzene rings is 1. The van der Waals surface area contributed by atoms with Crippen molar-refractivity contribution in [3.8, 4) is 17.1 Å². The van der Waals surface area contributed by atoms with Gasteiger partial charge in [-0.2, -0.15) is 5.10 Å². The van der Waals surface area contributed by atoms with Crippen molar-refractivity contribution in [3.63, 3.8) is 0 Å². The number of carbonyl (C=O) groups is 1. The number of ether oxygens (including phenoxy) is 3. The molecule has 2 unspecified atom stereocenters. The Morgan fingerprint density at radius 2 is 2.12 bits per heavy atom. The van der Waals surface area contributed by atoms with E-state index in [1.165, 1.54) is 6.07 Å². The molecule has 2 aliphatic heterocycles. The van der Waals surface area contributed by atoms with E-state index >= 15 is 0 Å². The highest BCUT2D eigenvalue weighted by Gasteiger charge is 2.35. The first-order valence-corrected chi connectivity index (χ1v) is 11.5. The van der Waals surface area contributed by atoms with Crippen molar-refractivity contribution in [1.82, 2.24) is 14.3 Å². The van der Waals surface area contributed by atoms with Crippen molar-refractivity contribution >= 4 is 16.9 Å². The number of fused-ring (bicyclic) bond motifs is 5. The molecule has 33 heavy (non-hydrogen) atoms. The molecule has 0 bridgehead atoms. The molecule has 0 aliphatic carbocycles. The van der Waals surface area contributed by atoms with Gasteiger partial charge in [0.05, 0.1) is 43.8 Å². The van der Waals surface area contributed by atoms with Crippen LogP contribution in [0.4, 0.5) is 0 Å². The summed E-state index contributed by atoms with van der Waals surface area (Å²) in [5.74, 6) is 0.123. The summed E-state index contributed by atoms with van der Waals surface area (Å²) in [6.45, 7) is 10.3. The van der Waals surface area contributed by atoms with Crippen LogP contribution in [0, 0.1) is 5.41 Å². The summed E-state index contributed by atoms with van der Waals surface area (Å²) in [6.07, 6.45) is 2.52. The lowest BCUT2D eigenvalue weighted by atomic mass is 9.85. The average Bonchev–Trinajstić information content (AvgIpc) is 3.40. The minimum atomic E-state index is -0.594. The predicted molar refractivity (Wildman–Crippen MR) is 124 cm³/mol. The SMILES string of the molecule is CCOC(=O)c1cn2c(cc1=O)-c1c3cccc(OC4CCOC4)c3nn1CC2C(C)(C)C. The van der Waals surface area contributed by atoms with E-state index in [1.807, 2.05) is 27.4 Å². The van der Waals surface area contributed by atoms with Crippen molar-refractivity contribution in [2.24, 2.45) is 5.41 Å². The first-order chi connectivity index (χ1) is 15.8. The number of nitrogens with zero attached hydrogens (tertiary/aromatic N) is 3. The van der Waals surface area contributed by atoms with Gasteiger partial charge in [0.1, 0.15) is 22.9 Å². The van der Waals surface area contributed by atoms with Gasteiger partial charge in [-0.05, 0) is 18.4 Å². The van der Waals surface area contributed by atoms with Gasteiger partial charge in [0, 0.05) is 24.1 Å². The maximum Gasteiger partial charge on any atom is 0.343 e. The first-order valence-electron chi connectivity index (χ1n) is 11.5. The van der Waals surface area contributed by atoms with Crippen molar-refractivity contribution < 1.29 is 19.0 Å². The molecule has 2 atom stereocenters.